The molecule has 4 atom stereocenters. The van der Waals surface area contributed by atoms with Crippen LogP contribution in [0.1, 0.15) is 23.1 Å². The Labute approximate surface area is 231 Å². The first kappa shape index (κ1) is 27.7. The van der Waals surface area contributed by atoms with Crippen LogP contribution in [0.2, 0.25) is 0 Å². The van der Waals surface area contributed by atoms with Crippen molar-refractivity contribution in [2.75, 3.05) is 40.4 Å². The fourth-order valence-electron chi connectivity index (χ4n) is 6.48. The Bertz CT molecular complexity index is 1370. The molecule has 39 heavy (non-hydrogen) atoms. The van der Waals surface area contributed by atoms with Gasteiger partial charge in [0.1, 0.15) is 28.7 Å². The van der Waals surface area contributed by atoms with E-state index in [1.54, 1.807) is 0 Å². The number of phenolic OH excluding ortho intramolecular Hbond substituents is 1. The lowest BCUT2D eigenvalue weighted by molar-refractivity contribution is -0.153. The molecule has 0 radical (unpaired) electrons. The van der Waals surface area contributed by atoms with Gasteiger partial charge >= 0.3 is 0 Å². The van der Waals surface area contributed by atoms with Gasteiger partial charge in [0.05, 0.1) is 29.3 Å². The number of halogens is 2. The molecule has 0 aromatic heterocycles. The monoisotopic (exact) mass is 609 g/mol. The predicted molar refractivity (Wildman–Crippen MR) is 138 cm³/mol. The van der Waals surface area contributed by atoms with E-state index in [0.717, 1.165) is 0 Å². The van der Waals surface area contributed by atoms with Crippen LogP contribution in [-0.4, -0.2) is 99.7 Å². The molecule has 1 aliphatic heterocycles. The summed E-state index contributed by atoms with van der Waals surface area (Å²) in [6.07, 6.45) is -0.224. The summed E-state index contributed by atoms with van der Waals surface area (Å²) in [4.78, 5) is 42.5. The zero-order chi connectivity index (χ0) is 28.5. The van der Waals surface area contributed by atoms with Crippen LogP contribution in [0.5, 0.6) is 5.75 Å². The van der Waals surface area contributed by atoms with E-state index in [2.05, 4.69) is 15.9 Å². The number of ether oxygens (including phenoxy) is 1. The molecule has 11 nitrogen and oxygen atoms in total. The highest BCUT2D eigenvalue weighted by Crippen LogP contribution is 2.54. The average Bonchev–Trinajstić information content (AvgIpc) is 2.87. The minimum Gasteiger partial charge on any atom is -0.508 e. The lowest BCUT2D eigenvalue weighted by Crippen LogP contribution is -2.65. The number of Topliss-reactive ketones (excluding diaryl/α,β-unsaturated/α-hetero) is 2. The van der Waals surface area contributed by atoms with Gasteiger partial charge in [0, 0.05) is 42.3 Å². The number of hydrogen-bond acceptors (Lipinski definition) is 10. The quantitative estimate of drug-likeness (QED) is 0.306. The Morgan fingerprint density at radius 2 is 1.87 bits per heavy atom. The Morgan fingerprint density at radius 1 is 1.23 bits per heavy atom. The number of phenols is 1. The van der Waals surface area contributed by atoms with E-state index in [9.17, 15) is 34.8 Å². The smallest absolute Gasteiger partial charge is 0.255 e. The van der Waals surface area contributed by atoms with Gasteiger partial charge in [0.15, 0.2) is 11.4 Å². The number of likely N-dealkylation sites (N-methyl/N-ethyl adjacent to an activating group) is 1. The molecule has 1 saturated carbocycles. The van der Waals surface area contributed by atoms with E-state index in [0.29, 0.717) is 26.3 Å². The first-order chi connectivity index (χ1) is 18.3. The number of carbonyl (C=O) groups is 3. The third-order valence-corrected chi connectivity index (χ3v) is 9.19. The van der Waals surface area contributed by atoms with E-state index >= 15 is 4.39 Å². The van der Waals surface area contributed by atoms with Crippen molar-refractivity contribution in [2.24, 2.45) is 17.6 Å². The molecule has 6 N–H and O–H groups in total. The summed E-state index contributed by atoms with van der Waals surface area (Å²) in [5, 5.41) is 44.8. The number of carbonyl (C=O) groups excluding carboxylic acids is 3. The van der Waals surface area contributed by atoms with Gasteiger partial charge in [0.25, 0.3) is 5.91 Å². The van der Waals surface area contributed by atoms with E-state index in [1.807, 2.05) is 4.90 Å². The van der Waals surface area contributed by atoms with Gasteiger partial charge < -0.3 is 30.9 Å². The van der Waals surface area contributed by atoms with Crippen molar-refractivity contribution in [3.63, 3.8) is 0 Å². The first-order valence-electron chi connectivity index (χ1n) is 12.5. The number of hydrogen-bond donors (Lipinski definition) is 5. The third-order valence-electron chi connectivity index (χ3n) is 8.34. The highest BCUT2D eigenvalue weighted by molar-refractivity contribution is 9.10. The molecule has 1 saturated heterocycles. The summed E-state index contributed by atoms with van der Waals surface area (Å²) in [7, 11) is 3.03. The van der Waals surface area contributed by atoms with Crippen LogP contribution in [0.3, 0.4) is 0 Å². The molecule has 4 aliphatic rings. The predicted octanol–water partition coefficient (Wildman–Crippen LogP) is 0.698. The van der Waals surface area contributed by atoms with Crippen LogP contribution in [0.4, 0.5) is 4.39 Å². The zero-order valence-corrected chi connectivity index (χ0v) is 22.9. The number of ketones is 2. The highest BCUT2D eigenvalue weighted by atomic mass is 79.9. The zero-order valence-electron chi connectivity index (χ0n) is 21.3. The second kappa shape index (κ2) is 9.66. The maximum Gasteiger partial charge on any atom is 0.255 e. The summed E-state index contributed by atoms with van der Waals surface area (Å²) in [6, 6.07) is -1.21. The number of amides is 1. The normalized spacial score (nSPS) is 29.4. The average molecular weight is 610 g/mol. The summed E-state index contributed by atoms with van der Waals surface area (Å²) in [5.41, 5.74) is 1.26. The largest absolute Gasteiger partial charge is 0.508 e. The SMILES string of the molecule is CN(C)[C@@H]1C(=O)C(C(N)=O)=C(O)[C@@]2(O)C(=O)C3=C(O)c4c(O)c(Br)c(CN5CCOCC5)c(F)c4C[C@H]3C[C@@H]12. The maximum absolute atomic E-state index is 16.0. The first-order valence-corrected chi connectivity index (χ1v) is 13.3. The Hall–Kier alpha value is -2.84. The fourth-order valence-corrected chi connectivity index (χ4v) is 6.98. The molecule has 1 aromatic carbocycles. The molecule has 1 amide bonds. The van der Waals surface area contributed by atoms with Crippen molar-refractivity contribution >= 4 is 39.2 Å². The number of aliphatic hydroxyl groups is 3. The number of nitrogens with zero attached hydrogens (tertiary/aromatic N) is 2. The maximum atomic E-state index is 16.0. The van der Waals surface area contributed by atoms with Crippen molar-refractivity contribution in [2.45, 2.75) is 31.0 Å². The second-order valence-corrected chi connectivity index (χ2v) is 11.5. The molecular formula is C26H29BrFN3O8. The lowest BCUT2D eigenvalue weighted by Gasteiger charge is -2.50. The number of primary amides is 1. The van der Waals surface area contributed by atoms with E-state index < -0.39 is 69.6 Å². The second-order valence-electron chi connectivity index (χ2n) is 10.7. The van der Waals surface area contributed by atoms with Gasteiger partial charge in [-0.2, -0.15) is 0 Å². The number of morpholine rings is 1. The molecule has 13 heteroatoms. The Balaban J connectivity index is 1.67. The van der Waals surface area contributed by atoms with Crippen LogP contribution < -0.4 is 5.73 Å². The number of fused-ring (bicyclic) bond motifs is 3. The van der Waals surface area contributed by atoms with Crippen LogP contribution >= 0.6 is 15.9 Å². The summed E-state index contributed by atoms with van der Waals surface area (Å²) >= 11 is 3.24. The number of benzene rings is 1. The van der Waals surface area contributed by atoms with Crippen LogP contribution in [0.15, 0.2) is 21.4 Å². The Kier molecular flexibility index (Phi) is 6.87. The van der Waals surface area contributed by atoms with Crippen LogP contribution in [0, 0.1) is 17.7 Å². The molecule has 5 rings (SSSR count). The number of nitrogens with two attached hydrogens (primary N) is 1. The number of aromatic hydroxyl groups is 1. The Morgan fingerprint density at radius 3 is 2.46 bits per heavy atom. The third kappa shape index (κ3) is 3.93. The van der Waals surface area contributed by atoms with Crippen LogP contribution in [-0.2, 0) is 32.1 Å². The molecule has 0 unspecified atom stereocenters. The number of aliphatic hydroxyl groups excluding tert-OH is 2. The van der Waals surface area contributed by atoms with Crippen molar-refractivity contribution in [1.29, 1.82) is 0 Å². The topological polar surface area (TPSA) is 174 Å². The summed E-state index contributed by atoms with van der Waals surface area (Å²) in [6.45, 7) is 2.29. The van der Waals surface area contributed by atoms with Crippen LogP contribution in [0.25, 0.3) is 5.76 Å². The van der Waals surface area contributed by atoms with Gasteiger partial charge in [-0.25, -0.2) is 4.39 Å². The van der Waals surface area contributed by atoms with Crippen molar-refractivity contribution in [3.05, 3.63) is 43.9 Å². The fraction of sp³-hybridized carbons (Fsp3) is 0.500. The van der Waals surface area contributed by atoms with E-state index in [1.165, 1.54) is 19.0 Å². The molecule has 3 aliphatic carbocycles. The van der Waals surface area contributed by atoms with Crippen molar-refractivity contribution in [1.82, 2.24) is 9.80 Å². The minimum absolute atomic E-state index is 0.00424. The van der Waals surface area contributed by atoms with Gasteiger partial charge in [-0.05, 0) is 48.8 Å². The number of rotatable bonds is 4. The molecule has 1 heterocycles. The van der Waals surface area contributed by atoms with Gasteiger partial charge in [-0.1, -0.05) is 0 Å². The van der Waals surface area contributed by atoms with Crippen molar-refractivity contribution < 1.29 is 43.9 Å². The van der Waals surface area contributed by atoms with E-state index in [4.69, 9.17) is 10.5 Å². The standard InChI is InChI=1S/C26H29BrFN3O8/c1-30(2)19-13-8-10-7-11-15(21(33)17(27)12(18(11)28)9-31-3-5-39-6-4-31)20(32)14(10)23(35)26(13,38)24(36)16(22(19)34)25(29)37/h10,13,19,32-33,36,38H,3-9H2,1-2H3,(H2,29,37)/t10-,13-,19-,26-/m0/s1. The van der Waals surface area contributed by atoms with Gasteiger partial charge in [-0.3, -0.25) is 24.2 Å². The lowest BCUT2D eigenvalue weighted by atomic mass is 9.57. The molecule has 1 aromatic rings. The van der Waals surface area contributed by atoms with Gasteiger partial charge in [0.2, 0.25) is 5.78 Å². The summed E-state index contributed by atoms with van der Waals surface area (Å²) < 4.78 is 21.4. The van der Waals surface area contributed by atoms with Gasteiger partial charge in [-0.15, -0.1) is 0 Å². The molecule has 210 valence electrons. The summed E-state index contributed by atoms with van der Waals surface area (Å²) in [5.74, 6) is -8.40. The van der Waals surface area contributed by atoms with Crippen molar-refractivity contribution in [3.8, 4) is 5.75 Å². The molecular weight excluding hydrogens is 581 g/mol. The highest BCUT2D eigenvalue weighted by Gasteiger charge is 2.64. The van der Waals surface area contributed by atoms with E-state index in [-0.39, 0.29) is 46.1 Å². The molecule has 2 fully saturated rings. The molecule has 0 bridgehead atoms. The molecule has 0 spiro atoms. The minimum atomic E-state index is -2.74.